The van der Waals surface area contributed by atoms with E-state index in [1.165, 1.54) is 11.8 Å². The van der Waals surface area contributed by atoms with Crippen LogP contribution in [0.25, 0.3) is 6.08 Å². The Hall–Kier alpha value is -3.81. The molecule has 0 radical (unpaired) electrons. The van der Waals surface area contributed by atoms with Gasteiger partial charge in [-0.25, -0.2) is 4.68 Å². The van der Waals surface area contributed by atoms with Crippen molar-refractivity contribution >= 4 is 47.0 Å². The van der Waals surface area contributed by atoms with Gasteiger partial charge in [-0.15, -0.1) is 5.10 Å². The summed E-state index contributed by atoms with van der Waals surface area (Å²) in [5, 5.41) is 12.4. The molecule has 186 valence electrons. The van der Waals surface area contributed by atoms with Crippen LogP contribution in [0.4, 0.5) is 11.6 Å². The first kappa shape index (κ1) is 24.9. The molecule has 0 spiro atoms. The molecule has 1 unspecified atom stereocenters. The van der Waals surface area contributed by atoms with Crippen molar-refractivity contribution in [3.8, 4) is 0 Å². The van der Waals surface area contributed by atoms with Crippen LogP contribution in [0.5, 0.6) is 0 Å². The van der Waals surface area contributed by atoms with Crippen LogP contribution in [0, 0.1) is 6.92 Å². The molecule has 3 aromatic carbocycles. The van der Waals surface area contributed by atoms with Gasteiger partial charge in [-0.05, 0) is 48.7 Å². The number of hydrogen-bond acceptors (Lipinski definition) is 5. The summed E-state index contributed by atoms with van der Waals surface area (Å²) in [6.45, 7) is 3.89. The molecule has 2 heterocycles. The number of hydrogen-bond donors (Lipinski definition) is 2. The van der Waals surface area contributed by atoms with E-state index >= 15 is 0 Å². The van der Waals surface area contributed by atoms with E-state index in [4.69, 9.17) is 21.7 Å². The van der Waals surface area contributed by atoms with Crippen LogP contribution in [-0.2, 0) is 10.5 Å². The third kappa shape index (κ3) is 5.79. The standard InChI is InChI=1S/C29H26ClN5OS/c1-19-9-8-13-23(17-19)32-27(36)26-20(2)31-28-33-29(37-18-22-12-6-7-14-24(22)30)34-35(28)25(26)16-15-21-10-4-3-5-11-21/h3-17,25H,18H2,1-2H3,(H,32,36)(H,31,33,34)/b16-15+. The van der Waals surface area contributed by atoms with Gasteiger partial charge in [0.05, 0.1) is 5.57 Å². The average molecular weight is 528 g/mol. The Morgan fingerprint density at radius 2 is 1.86 bits per heavy atom. The summed E-state index contributed by atoms with van der Waals surface area (Å²) in [5.41, 5.74) is 5.18. The summed E-state index contributed by atoms with van der Waals surface area (Å²) in [7, 11) is 0. The van der Waals surface area contributed by atoms with Gasteiger partial charge in [0.2, 0.25) is 11.1 Å². The maximum atomic E-state index is 13.6. The number of rotatable bonds is 7. The maximum absolute atomic E-state index is 13.6. The Morgan fingerprint density at radius 3 is 2.65 bits per heavy atom. The summed E-state index contributed by atoms with van der Waals surface area (Å²) in [6, 6.07) is 25.1. The Kier molecular flexibility index (Phi) is 7.44. The summed E-state index contributed by atoms with van der Waals surface area (Å²) < 4.78 is 1.77. The molecule has 8 heteroatoms. The number of allylic oxidation sites excluding steroid dienone is 2. The number of aryl methyl sites for hydroxylation is 1. The van der Waals surface area contributed by atoms with E-state index in [2.05, 4.69) is 10.6 Å². The fraction of sp³-hybridized carbons (Fsp3) is 0.138. The molecular weight excluding hydrogens is 502 g/mol. The predicted molar refractivity (Wildman–Crippen MR) is 152 cm³/mol. The number of anilines is 2. The lowest BCUT2D eigenvalue weighted by molar-refractivity contribution is -0.113. The maximum Gasteiger partial charge on any atom is 0.255 e. The minimum absolute atomic E-state index is 0.190. The van der Waals surface area contributed by atoms with Crippen LogP contribution in [0.1, 0.15) is 29.7 Å². The summed E-state index contributed by atoms with van der Waals surface area (Å²) in [5.74, 6) is 1.04. The Balaban J connectivity index is 1.46. The van der Waals surface area contributed by atoms with Gasteiger partial charge in [0.1, 0.15) is 6.04 Å². The molecule has 37 heavy (non-hydrogen) atoms. The number of benzene rings is 3. The van der Waals surface area contributed by atoms with Gasteiger partial charge < -0.3 is 10.6 Å². The van der Waals surface area contributed by atoms with Crippen molar-refractivity contribution in [1.82, 2.24) is 14.8 Å². The molecule has 0 aliphatic carbocycles. The van der Waals surface area contributed by atoms with Crippen molar-refractivity contribution in [2.24, 2.45) is 0 Å². The molecule has 6 nitrogen and oxygen atoms in total. The van der Waals surface area contributed by atoms with E-state index in [9.17, 15) is 4.79 Å². The number of fused-ring (bicyclic) bond motifs is 1. The van der Waals surface area contributed by atoms with Gasteiger partial charge >= 0.3 is 0 Å². The van der Waals surface area contributed by atoms with Crippen molar-refractivity contribution < 1.29 is 4.79 Å². The second-order valence-corrected chi connectivity index (χ2v) is 10.1. The zero-order valence-corrected chi connectivity index (χ0v) is 22.1. The molecule has 0 bridgehead atoms. The summed E-state index contributed by atoms with van der Waals surface area (Å²) >= 11 is 7.83. The predicted octanol–water partition coefficient (Wildman–Crippen LogP) is 7.12. The molecule has 0 saturated carbocycles. The zero-order valence-electron chi connectivity index (χ0n) is 20.5. The summed E-state index contributed by atoms with van der Waals surface area (Å²) in [6.07, 6.45) is 4.00. The Morgan fingerprint density at radius 1 is 1.08 bits per heavy atom. The molecule has 2 N–H and O–H groups in total. The van der Waals surface area contributed by atoms with Crippen LogP contribution in [0.2, 0.25) is 5.02 Å². The fourth-order valence-electron chi connectivity index (χ4n) is 4.15. The number of carbonyl (C=O) groups excluding carboxylic acids is 1. The molecule has 5 rings (SSSR count). The van der Waals surface area contributed by atoms with Gasteiger partial charge in [-0.3, -0.25) is 4.79 Å². The van der Waals surface area contributed by atoms with E-state index in [1.807, 2.05) is 105 Å². The second kappa shape index (κ2) is 11.1. The van der Waals surface area contributed by atoms with Crippen LogP contribution < -0.4 is 10.6 Å². The minimum atomic E-state index is -0.441. The van der Waals surface area contributed by atoms with E-state index in [-0.39, 0.29) is 5.91 Å². The monoisotopic (exact) mass is 527 g/mol. The zero-order chi connectivity index (χ0) is 25.8. The third-order valence-electron chi connectivity index (χ3n) is 5.98. The second-order valence-electron chi connectivity index (χ2n) is 8.74. The average Bonchev–Trinajstić information content (AvgIpc) is 3.29. The first-order valence-electron chi connectivity index (χ1n) is 11.9. The highest BCUT2D eigenvalue weighted by Gasteiger charge is 2.31. The molecule has 0 fully saturated rings. The highest BCUT2D eigenvalue weighted by atomic mass is 35.5. The fourth-order valence-corrected chi connectivity index (χ4v) is 5.27. The van der Waals surface area contributed by atoms with Gasteiger partial charge in [0.15, 0.2) is 0 Å². The van der Waals surface area contributed by atoms with E-state index in [1.54, 1.807) is 4.68 Å². The molecule has 1 aromatic heterocycles. The summed E-state index contributed by atoms with van der Waals surface area (Å²) in [4.78, 5) is 18.3. The Bertz CT molecular complexity index is 1500. The van der Waals surface area contributed by atoms with Crippen molar-refractivity contribution in [2.75, 3.05) is 10.6 Å². The first-order chi connectivity index (χ1) is 18.0. The molecule has 0 saturated heterocycles. The quantitative estimate of drug-likeness (QED) is 0.250. The number of thioether (sulfide) groups is 1. The minimum Gasteiger partial charge on any atom is -0.328 e. The van der Waals surface area contributed by atoms with Crippen LogP contribution in [-0.4, -0.2) is 20.7 Å². The highest BCUT2D eigenvalue weighted by molar-refractivity contribution is 7.98. The van der Waals surface area contributed by atoms with Gasteiger partial charge in [0.25, 0.3) is 5.91 Å². The number of nitrogens with one attached hydrogen (secondary N) is 2. The van der Waals surface area contributed by atoms with Crippen molar-refractivity contribution in [3.05, 3.63) is 118 Å². The van der Waals surface area contributed by atoms with Gasteiger partial charge in [0, 0.05) is 22.2 Å². The third-order valence-corrected chi connectivity index (χ3v) is 7.24. The molecule has 1 amide bonds. The van der Waals surface area contributed by atoms with E-state index in [0.29, 0.717) is 27.5 Å². The normalized spacial score (nSPS) is 14.9. The molecule has 4 aromatic rings. The largest absolute Gasteiger partial charge is 0.328 e. The van der Waals surface area contributed by atoms with Crippen LogP contribution in [0.3, 0.4) is 0 Å². The molecule has 1 aliphatic heterocycles. The van der Waals surface area contributed by atoms with Gasteiger partial charge in [-0.2, -0.15) is 4.98 Å². The van der Waals surface area contributed by atoms with E-state index < -0.39 is 6.04 Å². The smallest absolute Gasteiger partial charge is 0.255 e. The topological polar surface area (TPSA) is 71.8 Å². The molecule has 1 aliphatic rings. The van der Waals surface area contributed by atoms with Crippen molar-refractivity contribution in [1.29, 1.82) is 0 Å². The Labute approximate surface area is 225 Å². The first-order valence-corrected chi connectivity index (χ1v) is 13.3. The van der Waals surface area contributed by atoms with Crippen molar-refractivity contribution in [3.63, 3.8) is 0 Å². The van der Waals surface area contributed by atoms with Crippen LogP contribution >= 0.6 is 23.4 Å². The number of carbonyl (C=O) groups is 1. The van der Waals surface area contributed by atoms with Gasteiger partial charge in [-0.1, -0.05) is 96.2 Å². The van der Waals surface area contributed by atoms with Crippen molar-refractivity contribution in [2.45, 2.75) is 30.8 Å². The number of halogens is 1. The lowest BCUT2D eigenvalue weighted by atomic mass is 10.0. The number of aromatic nitrogens is 3. The number of nitrogens with zero attached hydrogens (tertiary/aromatic N) is 3. The van der Waals surface area contributed by atoms with Crippen LogP contribution in [0.15, 0.2) is 101 Å². The SMILES string of the molecule is CC1=C(C(=O)Nc2cccc(C)c2)C(/C=C/c2ccccc2)n2nc(SCc3ccccc3Cl)nc2N1. The highest BCUT2D eigenvalue weighted by Crippen LogP contribution is 2.34. The lowest BCUT2D eigenvalue weighted by Crippen LogP contribution is -2.30. The molecular formula is C29H26ClN5OS. The number of amides is 1. The molecule has 1 atom stereocenters. The van der Waals surface area contributed by atoms with E-state index in [0.717, 1.165) is 28.1 Å². The lowest BCUT2D eigenvalue weighted by Gasteiger charge is -2.26.